The Bertz CT molecular complexity index is 1340. The van der Waals surface area contributed by atoms with E-state index < -0.39 is 33.2 Å². The molecule has 1 aromatic carbocycles. The van der Waals surface area contributed by atoms with Crippen LogP contribution in [0.3, 0.4) is 0 Å². The molecule has 2 aromatic heterocycles. The zero-order valence-corrected chi connectivity index (χ0v) is 22.6. The van der Waals surface area contributed by atoms with Crippen molar-refractivity contribution < 1.29 is 13.2 Å². The number of fused-ring (bicyclic) bond motifs is 1. The van der Waals surface area contributed by atoms with Gasteiger partial charge in [-0.05, 0) is 0 Å². The van der Waals surface area contributed by atoms with E-state index in [0.29, 0.717) is 13.1 Å². The van der Waals surface area contributed by atoms with Crippen LogP contribution in [0.25, 0.3) is 11.0 Å². The molecule has 0 amide bonds. The first-order chi connectivity index (χ1) is 15.9. The molecule has 3 aromatic rings. The third-order valence-corrected chi connectivity index (χ3v) is 10.1. The molecular weight excluding hydrogens is 543 g/mol. The van der Waals surface area contributed by atoms with Crippen LogP contribution in [-0.2, 0) is 14.8 Å². The number of nitrogens with zero attached hydrogens (tertiary/aromatic N) is 6. The fraction of sp³-hybridized carbons (Fsp3) is 0.364. The maximum absolute atomic E-state index is 11.7. The first kappa shape index (κ1) is 22.5. The molecule has 9 nitrogen and oxygen atoms in total. The van der Waals surface area contributed by atoms with Crippen LogP contribution in [0, 0.1) is 0 Å². The Morgan fingerprint density at radius 2 is 1.97 bits per heavy atom. The van der Waals surface area contributed by atoms with E-state index in [0.717, 1.165) is 44.2 Å². The zero-order chi connectivity index (χ0) is 23.0. The average Bonchev–Trinajstić information content (AvgIpc) is 3.48. The molecule has 5 rings (SSSR count). The zero-order valence-electron chi connectivity index (χ0n) is 18.5. The Kier molecular flexibility index (Phi) is 6.28. The number of hydrogen-bond donors (Lipinski definition) is 0. The first-order valence-corrected chi connectivity index (χ1v) is 15.8. The van der Waals surface area contributed by atoms with Crippen molar-refractivity contribution in [1.82, 2.24) is 24.1 Å². The van der Waals surface area contributed by atoms with Gasteiger partial charge in [0.25, 0.3) is 0 Å². The van der Waals surface area contributed by atoms with Crippen molar-refractivity contribution >= 4 is 50.0 Å². The molecule has 2 aliphatic heterocycles. The van der Waals surface area contributed by atoms with Gasteiger partial charge in [0, 0.05) is 0 Å². The van der Waals surface area contributed by atoms with Crippen molar-refractivity contribution in [2.75, 3.05) is 19.3 Å². The molecular formula is C22H24InN6O3S. The number of rotatable bonds is 6. The van der Waals surface area contributed by atoms with Gasteiger partial charge < -0.3 is 0 Å². The average molecular weight is 567 g/mol. The number of sulfonamides is 1. The summed E-state index contributed by atoms with van der Waals surface area (Å²) >= 11 is -1.39. The van der Waals surface area contributed by atoms with Crippen molar-refractivity contribution in [3.63, 3.8) is 0 Å². The van der Waals surface area contributed by atoms with E-state index in [1.165, 1.54) is 10.6 Å². The SMILES string of the molecule is CC(O[C]1=CC(c2cnn(C3CCN(S(C)(=O)=O)CC3)c2)=[N][In]1)c1cccc2nccnc12. The summed E-state index contributed by atoms with van der Waals surface area (Å²) in [6.45, 7) is 3.10. The molecule has 33 heavy (non-hydrogen) atoms. The van der Waals surface area contributed by atoms with E-state index in [-0.39, 0.29) is 12.1 Å². The van der Waals surface area contributed by atoms with E-state index in [9.17, 15) is 8.42 Å². The second-order valence-electron chi connectivity index (χ2n) is 8.32. The Labute approximate surface area is 204 Å². The predicted octanol–water partition coefficient (Wildman–Crippen LogP) is 2.46. The van der Waals surface area contributed by atoms with Gasteiger partial charge in [-0.25, -0.2) is 0 Å². The molecule has 1 radical (unpaired) electrons. The van der Waals surface area contributed by atoms with Crippen molar-refractivity contribution in [2.45, 2.75) is 31.9 Å². The molecule has 0 saturated carbocycles. The summed E-state index contributed by atoms with van der Waals surface area (Å²) in [7, 11) is -3.13. The summed E-state index contributed by atoms with van der Waals surface area (Å²) < 4.78 is 39.1. The fourth-order valence-electron chi connectivity index (χ4n) is 4.28. The molecule has 4 heterocycles. The Hall–Kier alpha value is -2.24. The third-order valence-electron chi connectivity index (χ3n) is 6.05. The van der Waals surface area contributed by atoms with Gasteiger partial charge in [-0.1, -0.05) is 0 Å². The fourth-order valence-corrected chi connectivity index (χ4v) is 7.98. The summed E-state index contributed by atoms with van der Waals surface area (Å²) in [5.41, 5.74) is 4.65. The van der Waals surface area contributed by atoms with Crippen molar-refractivity contribution in [3.8, 4) is 0 Å². The monoisotopic (exact) mass is 567 g/mol. The van der Waals surface area contributed by atoms with Crippen LogP contribution in [-0.4, -0.2) is 80.7 Å². The van der Waals surface area contributed by atoms with E-state index in [1.807, 2.05) is 48.3 Å². The van der Waals surface area contributed by atoms with Crippen LogP contribution in [0.5, 0.6) is 0 Å². The number of hydrogen-bond acceptors (Lipinski definition) is 7. The molecule has 1 fully saturated rings. The summed E-state index contributed by atoms with van der Waals surface area (Å²) in [6.07, 6.45) is 11.9. The van der Waals surface area contributed by atoms with Crippen LogP contribution in [0.2, 0.25) is 0 Å². The summed E-state index contributed by atoms with van der Waals surface area (Å²) in [6, 6.07) is 6.17. The quantitative estimate of drug-likeness (QED) is 0.454. The van der Waals surface area contributed by atoms with E-state index in [2.05, 4.69) is 15.1 Å². The molecule has 1 saturated heterocycles. The van der Waals surface area contributed by atoms with Gasteiger partial charge in [0.05, 0.1) is 0 Å². The van der Waals surface area contributed by atoms with Crippen LogP contribution in [0.1, 0.15) is 43.0 Å². The van der Waals surface area contributed by atoms with Gasteiger partial charge in [-0.2, -0.15) is 0 Å². The maximum atomic E-state index is 11.7. The molecule has 0 aliphatic carbocycles. The topological polar surface area (TPSA) is 103 Å². The summed E-state index contributed by atoms with van der Waals surface area (Å²) in [5.74, 6) is 0. The van der Waals surface area contributed by atoms with Crippen LogP contribution < -0.4 is 0 Å². The Balaban J connectivity index is 1.25. The number of para-hydroxylation sites is 1. The first-order valence-electron chi connectivity index (χ1n) is 10.9. The second kappa shape index (κ2) is 9.19. The van der Waals surface area contributed by atoms with Gasteiger partial charge in [-0.3, -0.25) is 0 Å². The number of piperidine rings is 1. The standard InChI is InChI=1S/C22H24N6O3S.In/c1-16(19-4-3-5-21-22(19)25-10-9-24-21)31-13-8-20(23)17-14-26-28(15-17)18-6-11-27(12-7-18)32(2,29)30;/h3-5,8-10,14-16,18H,6-7,11-12H2,1-2H3;/q-1;+1. The molecule has 0 N–H and O–H groups in total. The van der Waals surface area contributed by atoms with Gasteiger partial charge in [0.2, 0.25) is 0 Å². The Morgan fingerprint density at radius 1 is 1.18 bits per heavy atom. The molecule has 0 bridgehead atoms. The number of ether oxygens (including phenoxy) is 1. The predicted molar refractivity (Wildman–Crippen MR) is 126 cm³/mol. The normalized spacial score (nSPS) is 18.6. The van der Waals surface area contributed by atoms with Gasteiger partial charge in [-0.15, -0.1) is 0 Å². The van der Waals surface area contributed by atoms with Crippen LogP contribution in [0.4, 0.5) is 0 Å². The van der Waals surface area contributed by atoms with Crippen LogP contribution in [0.15, 0.2) is 55.6 Å². The van der Waals surface area contributed by atoms with E-state index in [1.54, 1.807) is 12.4 Å². The molecule has 2 aliphatic rings. The van der Waals surface area contributed by atoms with Gasteiger partial charge in [0.1, 0.15) is 0 Å². The third kappa shape index (κ3) is 4.85. The Morgan fingerprint density at radius 3 is 2.76 bits per heavy atom. The number of aromatic nitrogens is 4. The van der Waals surface area contributed by atoms with E-state index >= 15 is 0 Å². The van der Waals surface area contributed by atoms with E-state index in [4.69, 9.17) is 7.72 Å². The van der Waals surface area contributed by atoms with Crippen molar-refractivity contribution in [2.24, 2.45) is 2.98 Å². The second-order valence-corrected chi connectivity index (χ2v) is 13.4. The molecule has 169 valence electrons. The molecule has 11 heteroatoms. The van der Waals surface area contributed by atoms with Crippen LogP contribution >= 0.6 is 0 Å². The van der Waals surface area contributed by atoms with Crippen molar-refractivity contribution in [3.05, 3.63) is 63.7 Å². The van der Waals surface area contributed by atoms with Gasteiger partial charge in [0.15, 0.2) is 0 Å². The number of allylic oxidation sites excluding steroid dienone is 1. The minimum absolute atomic E-state index is 0.139. The summed E-state index contributed by atoms with van der Waals surface area (Å²) in [5, 5.41) is 4.54. The molecule has 1 atom stereocenters. The molecule has 0 spiro atoms. The molecule has 1 unspecified atom stereocenters. The minimum atomic E-state index is -3.13. The summed E-state index contributed by atoms with van der Waals surface area (Å²) in [4.78, 5) is 8.86. The number of benzene rings is 1. The van der Waals surface area contributed by atoms with Crippen molar-refractivity contribution in [1.29, 1.82) is 0 Å². The van der Waals surface area contributed by atoms with Gasteiger partial charge >= 0.3 is 205 Å².